The van der Waals surface area contributed by atoms with Crippen LogP contribution in [0.15, 0.2) is 0 Å². The van der Waals surface area contributed by atoms with Crippen molar-refractivity contribution in [3.8, 4) is 0 Å². The predicted octanol–water partition coefficient (Wildman–Crippen LogP) is -0.105. The van der Waals surface area contributed by atoms with E-state index in [1.807, 2.05) is 0 Å². The van der Waals surface area contributed by atoms with E-state index in [-0.39, 0.29) is 12.5 Å². The largest absolute Gasteiger partial charge is 0.396 e. The van der Waals surface area contributed by atoms with Crippen molar-refractivity contribution in [2.75, 3.05) is 13.2 Å². The Bertz CT molecular complexity index is 115. The second kappa shape index (κ2) is 3.56. The summed E-state index contributed by atoms with van der Waals surface area (Å²) < 4.78 is 0. The van der Waals surface area contributed by atoms with Crippen LogP contribution in [0.3, 0.4) is 0 Å². The lowest BCUT2D eigenvalue weighted by molar-refractivity contribution is -0.123. The third-order valence-corrected chi connectivity index (χ3v) is 1.90. The summed E-state index contributed by atoms with van der Waals surface area (Å²) >= 11 is 0. The summed E-state index contributed by atoms with van der Waals surface area (Å²) in [7, 11) is 0. The molecule has 0 saturated carbocycles. The third-order valence-electron chi connectivity index (χ3n) is 1.90. The minimum Gasteiger partial charge on any atom is -0.396 e. The van der Waals surface area contributed by atoms with Gasteiger partial charge in [0.1, 0.15) is 0 Å². The second-order valence-corrected chi connectivity index (χ2v) is 2.72. The molecule has 1 fully saturated rings. The van der Waals surface area contributed by atoms with Gasteiger partial charge in [0.05, 0.1) is 0 Å². The van der Waals surface area contributed by atoms with Crippen LogP contribution in [-0.4, -0.2) is 24.2 Å². The lowest BCUT2D eigenvalue weighted by atomic mass is 9.96. The molecule has 0 spiro atoms. The number of aliphatic hydroxyl groups is 1. The molecular weight excluding hydrogens is 130 g/mol. The van der Waals surface area contributed by atoms with E-state index in [0.717, 1.165) is 19.4 Å². The quantitative estimate of drug-likeness (QED) is 0.567. The summed E-state index contributed by atoms with van der Waals surface area (Å²) in [5.74, 6) is 0.650. The second-order valence-electron chi connectivity index (χ2n) is 2.72. The number of rotatable bonds is 2. The lowest BCUT2D eigenvalue weighted by Crippen LogP contribution is -2.35. The molecule has 10 heavy (non-hydrogen) atoms. The molecule has 0 aromatic carbocycles. The highest BCUT2D eigenvalue weighted by molar-refractivity contribution is 5.76. The molecule has 1 heterocycles. The van der Waals surface area contributed by atoms with Gasteiger partial charge in [0.2, 0.25) is 5.91 Å². The Kier molecular flexibility index (Phi) is 2.68. The molecule has 0 aromatic rings. The Morgan fingerprint density at radius 2 is 2.50 bits per heavy atom. The van der Waals surface area contributed by atoms with Crippen molar-refractivity contribution < 1.29 is 9.90 Å². The number of piperidine rings is 1. The summed E-state index contributed by atoms with van der Waals surface area (Å²) in [6, 6.07) is 0. The first-order valence-electron chi connectivity index (χ1n) is 3.70. The van der Waals surface area contributed by atoms with Crippen molar-refractivity contribution in [2.24, 2.45) is 5.92 Å². The first-order chi connectivity index (χ1) is 4.83. The van der Waals surface area contributed by atoms with Crippen LogP contribution < -0.4 is 5.32 Å². The standard InChI is InChI=1S/C7H13NO2/c9-4-3-6-1-2-7(10)8-5-6/h6,9H,1-5H2,(H,8,10). The predicted molar refractivity (Wildman–Crippen MR) is 37.4 cm³/mol. The summed E-state index contributed by atoms with van der Waals surface area (Å²) in [6.45, 7) is 0.986. The lowest BCUT2D eigenvalue weighted by Gasteiger charge is -2.20. The number of amides is 1. The van der Waals surface area contributed by atoms with Crippen molar-refractivity contribution >= 4 is 5.91 Å². The molecule has 2 N–H and O–H groups in total. The maximum atomic E-state index is 10.6. The summed E-state index contributed by atoms with van der Waals surface area (Å²) in [5.41, 5.74) is 0. The van der Waals surface area contributed by atoms with Gasteiger partial charge in [-0.05, 0) is 18.8 Å². The average Bonchev–Trinajstić information content (AvgIpc) is 1.95. The highest BCUT2D eigenvalue weighted by Gasteiger charge is 2.16. The van der Waals surface area contributed by atoms with E-state index in [2.05, 4.69) is 5.32 Å². The Morgan fingerprint density at radius 3 is 3.00 bits per heavy atom. The summed E-state index contributed by atoms with van der Waals surface area (Å²) in [5, 5.41) is 11.3. The maximum absolute atomic E-state index is 10.6. The van der Waals surface area contributed by atoms with Crippen LogP contribution in [0, 0.1) is 5.92 Å². The van der Waals surface area contributed by atoms with Crippen LogP contribution in [-0.2, 0) is 4.79 Å². The number of aliphatic hydroxyl groups excluding tert-OH is 1. The monoisotopic (exact) mass is 143 g/mol. The number of hydrogen-bond acceptors (Lipinski definition) is 2. The van der Waals surface area contributed by atoms with E-state index < -0.39 is 0 Å². The van der Waals surface area contributed by atoms with Crippen LogP contribution in [0.2, 0.25) is 0 Å². The van der Waals surface area contributed by atoms with E-state index in [0.29, 0.717) is 12.3 Å². The normalized spacial score (nSPS) is 26.1. The van der Waals surface area contributed by atoms with Crippen molar-refractivity contribution in [1.82, 2.24) is 5.32 Å². The van der Waals surface area contributed by atoms with Gasteiger partial charge in [0.25, 0.3) is 0 Å². The minimum absolute atomic E-state index is 0.147. The molecule has 0 aliphatic carbocycles. The molecule has 1 unspecified atom stereocenters. The van der Waals surface area contributed by atoms with E-state index in [4.69, 9.17) is 5.11 Å². The van der Waals surface area contributed by atoms with Gasteiger partial charge >= 0.3 is 0 Å². The Hall–Kier alpha value is -0.570. The molecule has 1 rings (SSSR count). The molecule has 0 radical (unpaired) electrons. The average molecular weight is 143 g/mol. The van der Waals surface area contributed by atoms with Gasteiger partial charge in [0.15, 0.2) is 0 Å². The summed E-state index contributed by atoms with van der Waals surface area (Å²) in [6.07, 6.45) is 2.39. The Labute approximate surface area is 60.4 Å². The molecule has 0 bridgehead atoms. The van der Waals surface area contributed by atoms with Crippen molar-refractivity contribution in [3.05, 3.63) is 0 Å². The van der Waals surface area contributed by atoms with Gasteiger partial charge < -0.3 is 10.4 Å². The Balaban J connectivity index is 2.19. The zero-order valence-electron chi connectivity index (χ0n) is 5.97. The van der Waals surface area contributed by atoms with E-state index in [1.54, 1.807) is 0 Å². The van der Waals surface area contributed by atoms with Gasteiger partial charge in [-0.15, -0.1) is 0 Å². The smallest absolute Gasteiger partial charge is 0.220 e. The summed E-state index contributed by atoms with van der Waals surface area (Å²) in [4.78, 5) is 10.6. The fourth-order valence-electron chi connectivity index (χ4n) is 1.21. The van der Waals surface area contributed by atoms with E-state index >= 15 is 0 Å². The molecular formula is C7H13NO2. The van der Waals surface area contributed by atoms with Crippen molar-refractivity contribution in [1.29, 1.82) is 0 Å². The van der Waals surface area contributed by atoms with Gasteiger partial charge in [-0.2, -0.15) is 0 Å². The van der Waals surface area contributed by atoms with Crippen LogP contribution in [0.25, 0.3) is 0 Å². The van der Waals surface area contributed by atoms with Gasteiger partial charge in [-0.3, -0.25) is 4.79 Å². The molecule has 3 nitrogen and oxygen atoms in total. The first-order valence-corrected chi connectivity index (χ1v) is 3.70. The topological polar surface area (TPSA) is 49.3 Å². The number of hydrogen-bond donors (Lipinski definition) is 2. The molecule has 3 heteroatoms. The maximum Gasteiger partial charge on any atom is 0.220 e. The minimum atomic E-state index is 0.147. The molecule has 0 aromatic heterocycles. The zero-order chi connectivity index (χ0) is 7.40. The Morgan fingerprint density at radius 1 is 1.70 bits per heavy atom. The molecule has 1 aliphatic rings. The number of nitrogens with one attached hydrogen (secondary N) is 1. The van der Waals surface area contributed by atoms with Crippen LogP contribution >= 0.6 is 0 Å². The fraction of sp³-hybridized carbons (Fsp3) is 0.857. The van der Waals surface area contributed by atoms with Gasteiger partial charge in [-0.1, -0.05) is 0 Å². The van der Waals surface area contributed by atoms with Crippen LogP contribution in [0.4, 0.5) is 0 Å². The number of carbonyl (C=O) groups excluding carboxylic acids is 1. The highest BCUT2D eigenvalue weighted by atomic mass is 16.3. The molecule has 1 aliphatic heterocycles. The number of carbonyl (C=O) groups is 1. The zero-order valence-corrected chi connectivity index (χ0v) is 5.97. The molecule has 1 atom stereocenters. The first kappa shape index (κ1) is 7.54. The molecule has 1 saturated heterocycles. The van der Waals surface area contributed by atoms with E-state index in [9.17, 15) is 4.79 Å². The third kappa shape index (κ3) is 1.99. The van der Waals surface area contributed by atoms with Gasteiger partial charge in [0, 0.05) is 19.6 Å². The SMILES string of the molecule is O=C1CCC(CCO)CN1. The highest BCUT2D eigenvalue weighted by Crippen LogP contribution is 2.13. The van der Waals surface area contributed by atoms with E-state index in [1.165, 1.54) is 0 Å². The molecule has 58 valence electrons. The fourth-order valence-corrected chi connectivity index (χ4v) is 1.21. The van der Waals surface area contributed by atoms with Crippen molar-refractivity contribution in [2.45, 2.75) is 19.3 Å². The van der Waals surface area contributed by atoms with Crippen LogP contribution in [0.1, 0.15) is 19.3 Å². The van der Waals surface area contributed by atoms with Crippen molar-refractivity contribution in [3.63, 3.8) is 0 Å². The van der Waals surface area contributed by atoms with Gasteiger partial charge in [-0.25, -0.2) is 0 Å². The van der Waals surface area contributed by atoms with Crippen LogP contribution in [0.5, 0.6) is 0 Å². The molecule has 1 amide bonds.